The number of nitrogens with zero attached hydrogens (tertiary/aromatic N) is 5. The van der Waals surface area contributed by atoms with Crippen molar-refractivity contribution in [1.29, 1.82) is 0 Å². The van der Waals surface area contributed by atoms with Gasteiger partial charge in [-0.05, 0) is 47.9 Å². The lowest BCUT2D eigenvalue weighted by Gasteiger charge is -2.31. The molecule has 0 radical (unpaired) electrons. The molecule has 1 aliphatic rings. The molecule has 0 atom stereocenters. The molecule has 210 valence electrons. The monoisotopic (exact) mass is 573 g/mol. The van der Waals surface area contributed by atoms with Crippen molar-refractivity contribution in [1.82, 2.24) is 30.2 Å². The zero-order valence-electron chi connectivity index (χ0n) is 22.6. The number of carbonyl (C=O) groups excluding carboxylic acids is 2. The number of amides is 2. The Morgan fingerprint density at radius 2 is 1.64 bits per heavy atom. The smallest absolute Gasteiger partial charge is 0.256 e. The molecule has 3 aromatic rings. The highest BCUT2D eigenvalue weighted by atomic mass is 35.5. The van der Waals surface area contributed by atoms with Crippen molar-refractivity contribution in [2.45, 2.75) is 26.9 Å². The molecule has 0 bridgehead atoms. The molecule has 4 rings (SSSR count). The van der Waals surface area contributed by atoms with E-state index in [1.165, 1.54) is 17.5 Å². The van der Waals surface area contributed by atoms with Gasteiger partial charge in [0.05, 0.1) is 6.54 Å². The second kappa shape index (κ2) is 15.4. The van der Waals surface area contributed by atoms with E-state index in [4.69, 9.17) is 0 Å². The second-order valence-corrected chi connectivity index (χ2v) is 9.19. The molecule has 0 fully saturated rings. The van der Waals surface area contributed by atoms with Crippen LogP contribution in [0.5, 0.6) is 0 Å². The lowest BCUT2D eigenvalue weighted by atomic mass is 10.1. The first kappa shape index (κ1) is 32.0. The van der Waals surface area contributed by atoms with Gasteiger partial charge in [0.2, 0.25) is 5.91 Å². The summed E-state index contributed by atoms with van der Waals surface area (Å²) in [4.78, 5) is 36.2. The van der Waals surface area contributed by atoms with Crippen LogP contribution >= 0.6 is 24.8 Å². The Bertz CT molecular complexity index is 1200. The molecule has 0 saturated carbocycles. The van der Waals surface area contributed by atoms with Gasteiger partial charge in [0.25, 0.3) is 5.91 Å². The van der Waals surface area contributed by atoms with Gasteiger partial charge in [-0.3, -0.25) is 14.6 Å². The van der Waals surface area contributed by atoms with Crippen molar-refractivity contribution < 1.29 is 9.59 Å². The van der Waals surface area contributed by atoms with E-state index in [1.807, 2.05) is 49.2 Å². The van der Waals surface area contributed by atoms with E-state index in [2.05, 4.69) is 32.7 Å². The molecule has 2 heterocycles. The number of nitrogens with one attached hydrogen (secondary N) is 2. The summed E-state index contributed by atoms with van der Waals surface area (Å²) >= 11 is 0. The Hall–Kier alpha value is -3.24. The average molecular weight is 575 g/mol. The van der Waals surface area contributed by atoms with Crippen molar-refractivity contribution in [2.75, 3.05) is 45.1 Å². The number of aromatic nitrogens is 2. The molecular formula is C28H37Cl2N7O2. The molecule has 11 heteroatoms. The zero-order chi connectivity index (χ0) is 26.2. The third-order valence-electron chi connectivity index (χ3n) is 6.65. The number of fused-ring (bicyclic) bond motifs is 1. The van der Waals surface area contributed by atoms with Gasteiger partial charge in [-0.25, -0.2) is 15.0 Å². The first-order valence-corrected chi connectivity index (χ1v) is 12.6. The Labute approximate surface area is 242 Å². The minimum absolute atomic E-state index is 0. The van der Waals surface area contributed by atoms with Crippen molar-refractivity contribution in [3.8, 4) is 11.1 Å². The summed E-state index contributed by atoms with van der Waals surface area (Å²) < 4.78 is 0. The molecule has 1 aromatic heterocycles. The van der Waals surface area contributed by atoms with Crippen LogP contribution in [0.15, 0.2) is 61.2 Å². The predicted molar refractivity (Wildman–Crippen MR) is 159 cm³/mol. The van der Waals surface area contributed by atoms with E-state index < -0.39 is 0 Å². The summed E-state index contributed by atoms with van der Waals surface area (Å²) in [6.07, 6.45) is 5.05. The van der Waals surface area contributed by atoms with Gasteiger partial charge in [0, 0.05) is 56.9 Å². The maximum Gasteiger partial charge on any atom is 0.256 e. The van der Waals surface area contributed by atoms with Gasteiger partial charge in [0.15, 0.2) is 0 Å². The Balaban J connectivity index is 0.00000267. The standard InChI is InChI=1S/C28H35N7O2.2ClH/c1-4-29-11-12-34(19-28(37)33(3)35-17-23-7-5-6-8-24(23)18-35)27(36)16-32-26-10-9-22(13-21(26)2)25-14-30-20-31-15-25;;/h5-10,13-15,20,29,32H,4,11-12,16-19H2,1-3H3;2*1H. The molecule has 0 saturated heterocycles. The van der Waals surface area contributed by atoms with Crippen LogP contribution in [0.1, 0.15) is 23.6 Å². The molecule has 2 amide bonds. The van der Waals surface area contributed by atoms with Gasteiger partial charge in [0.1, 0.15) is 12.9 Å². The average Bonchev–Trinajstić information content (AvgIpc) is 3.36. The van der Waals surface area contributed by atoms with Gasteiger partial charge in [-0.15, -0.1) is 24.8 Å². The predicted octanol–water partition coefficient (Wildman–Crippen LogP) is 3.53. The van der Waals surface area contributed by atoms with E-state index >= 15 is 0 Å². The first-order valence-electron chi connectivity index (χ1n) is 12.6. The molecule has 0 unspecified atom stereocenters. The Morgan fingerprint density at radius 3 is 2.26 bits per heavy atom. The fraction of sp³-hybridized carbons (Fsp3) is 0.357. The highest BCUT2D eigenvalue weighted by Gasteiger charge is 2.27. The van der Waals surface area contributed by atoms with E-state index in [9.17, 15) is 9.59 Å². The fourth-order valence-corrected chi connectivity index (χ4v) is 4.41. The minimum atomic E-state index is -0.121. The molecule has 1 aliphatic heterocycles. The molecule has 2 N–H and O–H groups in total. The van der Waals surface area contributed by atoms with Crippen molar-refractivity contribution >= 4 is 42.3 Å². The number of aryl methyl sites for hydroxylation is 1. The summed E-state index contributed by atoms with van der Waals surface area (Å²) in [5, 5.41) is 10.2. The highest BCUT2D eigenvalue weighted by molar-refractivity contribution is 5.87. The number of anilines is 1. The number of benzene rings is 2. The maximum atomic E-state index is 13.2. The number of rotatable bonds is 11. The summed E-state index contributed by atoms with van der Waals surface area (Å²) in [6, 6.07) is 14.2. The largest absolute Gasteiger partial charge is 0.376 e. The molecule has 0 spiro atoms. The van der Waals surface area contributed by atoms with Crippen LogP contribution in [0, 0.1) is 6.92 Å². The van der Waals surface area contributed by atoms with Gasteiger partial charge in [-0.2, -0.15) is 0 Å². The topological polar surface area (TPSA) is 93.7 Å². The van der Waals surface area contributed by atoms with Crippen LogP contribution in [0.25, 0.3) is 11.1 Å². The maximum absolute atomic E-state index is 13.2. The summed E-state index contributed by atoms with van der Waals surface area (Å²) in [5.41, 5.74) is 6.29. The lowest BCUT2D eigenvalue weighted by Crippen LogP contribution is -2.49. The zero-order valence-corrected chi connectivity index (χ0v) is 24.2. The van der Waals surface area contributed by atoms with Crippen LogP contribution < -0.4 is 10.6 Å². The highest BCUT2D eigenvalue weighted by Crippen LogP contribution is 2.24. The van der Waals surface area contributed by atoms with Crippen LogP contribution in [-0.2, 0) is 22.7 Å². The van der Waals surface area contributed by atoms with Crippen molar-refractivity contribution in [3.63, 3.8) is 0 Å². The molecule has 39 heavy (non-hydrogen) atoms. The first-order chi connectivity index (χ1) is 18.0. The minimum Gasteiger partial charge on any atom is -0.376 e. The Kier molecular flexibility index (Phi) is 12.6. The number of hydrogen-bond donors (Lipinski definition) is 2. The fourth-order valence-electron chi connectivity index (χ4n) is 4.41. The third-order valence-corrected chi connectivity index (χ3v) is 6.65. The number of carbonyl (C=O) groups is 2. The molecule has 2 aromatic carbocycles. The molecule has 0 aliphatic carbocycles. The second-order valence-electron chi connectivity index (χ2n) is 9.19. The SMILES string of the molecule is CCNCCN(CC(=O)N(C)N1Cc2ccccc2C1)C(=O)CNc1ccc(-c2cncnc2)cc1C.Cl.Cl. The van der Waals surface area contributed by atoms with Crippen molar-refractivity contribution in [3.05, 3.63) is 77.9 Å². The summed E-state index contributed by atoms with van der Waals surface area (Å²) in [7, 11) is 1.78. The number of halogens is 2. The van der Waals surface area contributed by atoms with Crippen LogP contribution in [-0.4, -0.2) is 76.5 Å². The van der Waals surface area contributed by atoms with Crippen LogP contribution in [0.4, 0.5) is 5.69 Å². The lowest BCUT2D eigenvalue weighted by molar-refractivity contribution is -0.151. The normalized spacial score (nSPS) is 12.1. The van der Waals surface area contributed by atoms with Crippen LogP contribution in [0.2, 0.25) is 0 Å². The number of hydrogen-bond acceptors (Lipinski definition) is 7. The number of hydrazine groups is 1. The Morgan fingerprint density at radius 1 is 0.974 bits per heavy atom. The van der Waals surface area contributed by atoms with Gasteiger partial charge >= 0.3 is 0 Å². The summed E-state index contributed by atoms with van der Waals surface area (Å²) in [6.45, 7) is 7.42. The van der Waals surface area contributed by atoms with E-state index in [-0.39, 0.29) is 49.7 Å². The van der Waals surface area contributed by atoms with E-state index in [0.29, 0.717) is 26.2 Å². The summed E-state index contributed by atoms with van der Waals surface area (Å²) in [5.74, 6) is -0.229. The third kappa shape index (κ3) is 8.37. The van der Waals surface area contributed by atoms with E-state index in [0.717, 1.165) is 28.9 Å². The van der Waals surface area contributed by atoms with Gasteiger partial charge < -0.3 is 15.5 Å². The number of likely N-dealkylation sites (N-methyl/N-ethyl adjacent to an activating group) is 2. The van der Waals surface area contributed by atoms with Crippen LogP contribution in [0.3, 0.4) is 0 Å². The molecular weight excluding hydrogens is 537 g/mol. The molecule has 9 nitrogen and oxygen atoms in total. The van der Waals surface area contributed by atoms with E-state index in [1.54, 1.807) is 29.4 Å². The quantitative estimate of drug-likeness (QED) is 0.339. The van der Waals surface area contributed by atoms with Crippen molar-refractivity contribution in [2.24, 2.45) is 0 Å². The van der Waals surface area contributed by atoms with Gasteiger partial charge in [-0.1, -0.05) is 37.3 Å².